The Balaban J connectivity index is 1.78. The van der Waals surface area contributed by atoms with Crippen LogP contribution in [0, 0.1) is 0 Å². The molecule has 0 aliphatic heterocycles. The number of aliphatic carboxylic acids is 1. The van der Waals surface area contributed by atoms with Gasteiger partial charge in [-0.3, -0.25) is 0 Å². The summed E-state index contributed by atoms with van der Waals surface area (Å²) in [6.45, 7) is 1.03. The maximum absolute atomic E-state index is 11.7. The Bertz CT molecular complexity index is 438. The number of nitrogens with one attached hydrogen (secondary N) is 2. The summed E-state index contributed by atoms with van der Waals surface area (Å²) in [6.07, 6.45) is 7.79. The van der Waals surface area contributed by atoms with E-state index < -0.39 is 17.5 Å². The molecule has 0 bridgehead atoms. The Kier molecular flexibility index (Phi) is 4.03. The van der Waals surface area contributed by atoms with Crippen molar-refractivity contribution in [2.24, 2.45) is 0 Å². The van der Waals surface area contributed by atoms with Gasteiger partial charge in [0.15, 0.2) is 0 Å². The van der Waals surface area contributed by atoms with Crippen LogP contribution in [-0.4, -0.2) is 38.7 Å². The zero-order valence-corrected chi connectivity index (χ0v) is 10.6. The summed E-state index contributed by atoms with van der Waals surface area (Å²) in [5.41, 5.74) is -1.08. The van der Waals surface area contributed by atoms with Gasteiger partial charge in [0, 0.05) is 25.5 Å². The molecule has 1 aliphatic rings. The Hall–Kier alpha value is -2.05. The van der Waals surface area contributed by atoms with E-state index in [1.807, 2.05) is 4.57 Å². The minimum absolute atomic E-state index is 0.426. The lowest BCUT2D eigenvalue weighted by atomic mass is 9.98. The SMILES string of the molecule is O=C(NCCn1ccnc1)NC1(C(=O)O)CCCC1. The fourth-order valence-corrected chi connectivity index (χ4v) is 2.35. The van der Waals surface area contributed by atoms with Crippen LogP contribution in [0.15, 0.2) is 18.7 Å². The smallest absolute Gasteiger partial charge is 0.329 e. The summed E-state index contributed by atoms with van der Waals surface area (Å²) in [5, 5.41) is 14.5. The first-order valence-corrected chi connectivity index (χ1v) is 6.37. The molecule has 104 valence electrons. The molecule has 0 aromatic carbocycles. The van der Waals surface area contributed by atoms with Crippen LogP contribution >= 0.6 is 0 Å². The largest absolute Gasteiger partial charge is 0.480 e. The van der Waals surface area contributed by atoms with Gasteiger partial charge in [0.25, 0.3) is 0 Å². The van der Waals surface area contributed by atoms with Gasteiger partial charge in [-0.25, -0.2) is 14.6 Å². The molecule has 0 unspecified atom stereocenters. The van der Waals surface area contributed by atoms with E-state index in [0.29, 0.717) is 25.9 Å². The number of carbonyl (C=O) groups excluding carboxylic acids is 1. The first kappa shape index (κ1) is 13.4. The molecular formula is C12H18N4O3. The summed E-state index contributed by atoms with van der Waals surface area (Å²) in [6, 6.07) is -0.426. The molecule has 1 heterocycles. The van der Waals surface area contributed by atoms with Crippen molar-refractivity contribution in [2.45, 2.75) is 37.8 Å². The van der Waals surface area contributed by atoms with Crippen LogP contribution in [0.1, 0.15) is 25.7 Å². The molecule has 0 radical (unpaired) electrons. The van der Waals surface area contributed by atoms with Gasteiger partial charge in [0.1, 0.15) is 5.54 Å². The number of amides is 2. The van der Waals surface area contributed by atoms with Crippen molar-refractivity contribution in [3.63, 3.8) is 0 Å². The Morgan fingerprint density at radius 3 is 2.68 bits per heavy atom. The number of carboxylic acids is 1. The highest BCUT2D eigenvalue weighted by Gasteiger charge is 2.42. The molecule has 1 aromatic heterocycles. The summed E-state index contributed by atoms with van der Waals surface area (Å²) in [4.78, 5) is 26.9. The highest BCUT2D eigenvalue weighted by Crippen LogP contribution is 2.29. The number of carboxylic acid groups (broad SMARTS) is 1. The number of hydrogen-bond donors (Lipinski definition) is 3. The van der Waals surface area contributed by atoms with E-state index in [1.54, 1.807) is 18.7 Å². The van der Waals surface area contributed by atoms with Gasteiger partial charge >= 0.3 is 12.0 Å². The maximum atomic E-state index is 11.7. The van der Waals surface area contributed by atoms with E-state index in [2.05, 4.69) is 15.6 Å². The molecule has 19 heavy (non-hydrogen) atoms. The first-order chi connectivity index (χ1) is 9.12. The van der Waals surface area contributed by atoms with E-state index in [4.69, 9.17) is 0 Å². The van der Waals surface area contributed by atoms with Crippen LogP contribution in [0.4, 0.5) is 4.79 Å². The molecule has 0 atom stereocenters. The van der Waals surface area contributed by atoms with Crippen molar-refractivity contribution >= 4 is 12.0 Å². The molecule has 0 saturated heterocycles. The van der Waals surface area contributed by atoms with E-state index in [9.17, 15) is 14.7 Å². The number of nitrogens with zero attached hydrogens (tertiary/aromatic N) is 2. The van der Waals surface area contributed by atoms with Crippen LogP contribution in [0.2, 0.25) is 0 Å². The third-order valence-electron chi connectivity index (χ3n) is 3.43. The van der Waals surface area contributed by atoms with Crippen LogP contribution < -0.4 is 10.6 Å². The second-order valence-corrected chi connectivity index (χ2v) is 4.78. The second-order valence-electron chi connectivity index (χ2n) is 4.78. The summed E-state index contributed by atoms with van der Waals surface area (Å²) in [7, 11) is 0. The highest BCUT2D eigenvalue weighted by molar-refractivity contribution is 5.86. The van der Waals surface area contributed by atoms with Crippen LogP contribution in [-0.2, 0) is 11.3 Å². The van der Waals surface area contributed by atoms with E-state index in [1.165, 1.54) is 0 Å². The lowest BCUT2D eigenvalue weighted by Gasteiger charge is -2.25. The monoisotopic (exact) mass is 266 g/mol. The molecule has 1 saturated carbocycles. The van der Waals surface area contributed by atoms with Crippen molar-refractivity contribution in [3.05, 3.63) is 18.7 Å². The normalized spacial score (nSPS) is 17.1. The third kappa shape index (κ3) is 3.24. The Morgan fingerprint density at radius 1 is 1.37 bits per heavy atom. The average molecular weight is 266 g/mol. The van der Waals surface area contributed by atoms with Crippen molar-refractivity contribution in [1.29, 1.82) is 0 Å². The molecule has 3 N–H and O–H groups in total. The highest BCUT2D eigenvalue weighted by atomic mass is 16.4. The van der Waals surface area contributed by atoms with Crippen molar-refractivity contribution in [1.82, 2.24) is 20.2 Å². The van der Waals surface area contributed by atoms with Crippen LogP contribution in [0.3, 0.4) is 0 Å². The Morgan fingerprint density at radius 2 is 2.11 bits per heavy atom. The molecule has 7 nitrogen and oxygen atoms in total. The minimum atomic E-state index is -1.08. The molecule has 2 amide bonds. The van der Waals surface area contributed by atoms with Gasteiger partial charge in [-0.15, -0.1) is 0 Å². The molecule has 7 heteroatoms. The molecule has 1 aliphatic carbocycles. The summed E-state index contributed by atoms with van der Waals surface area (Å²) < 4.78 is 1.84. The lowest BCUT2D eigenvalue weighted by molar-refractivity contribution is -0.144. The third-order valence-corrected chi connectivity index (χ3v) is 3.43. The number of carbonyl (C=O) groups is 2. The fourth-order valence-electron chi connectivity index (χ4n) is 2.35. The summed E-state index contributed by atoms with van der Waals surface area (Å²) in [5.74, 6) is -0.949. The number of aromatic nitrogens is 2. The first-order valence-electron chi connectivity index (χ1n) is 6.37. The standard InChI is InChI=1S/C12H18N4O3/c17-10(18)12(3-1-2-4-12)15-11(19)14-6-8-16-7-5-13-9-16/h5,7,9H,1-4,6,8H2,(H,17,18)(H2,14,15,19). The van der Waals surface area contributed by atoms with Gasteiger partial charge in [0.05, 0.1) is 6.33 Å². The fraction of sp³-hybridized carbons (Fsp3) is 0.583. The molecule has 0 spiro atoms. The van der Waals surface area contributed by atoms with Gasteiger partial charge in [-0.05, 0) is 12.8 Å². The predicted molar refractivity (Wildman–Crippen MR) is 67.6 cm³/mol. The topological polar surface area (TPSA) is 96.3 Å². The minimum Gasteiger partial charge on any atom is -0.480 e. The maximum Gasteiger partial charge on any atom is 0.329 e. The van der Waals surface area contributed by atoms with Gasteiger partial charge < -0.3 is 20.3 Å². The second kappa shape index (κ2) is 5.73. The molecular weight excluding hydrogens is 248 g/mol. The van der Waals surface area contributed by atoms with E-state index in [0.717, 1.165) is 12.8 Å². The zero-order valence-electron chi connectivity index (χ0n) is 10.6. The number of urea groups is 1. The number of hydrogen-bond acceptors (Lipinski definition) is 3. The molecule has 2 rings (SSSR count). The number of rotatable bonds is 5. The van der Waals surface area contributed by atoms with Crippen molar-refractivity contribution in [3.8, 4) is 0 Å². The predicted octanol–water partition coefficient (Wildman–Crippen LogP) is 0.580. The van der Waals surface area contributed by atoms with E-state index in [-0.39, 0.29) is 0 Å². The van der Waals surface area contributed by atoms with Gasteiger partial charge in [0.2, 0.25) is 0 Å². The summed E-state index contributed by atoms with van der Waals surface area (Å²) >= 11 is 0. The quantitative estimate of drug-likeness (QED) is 0.726. The van der Waals surface area contributed by atoms with Crippen molar-refractivity contribution in [2.75, 3.05) is 6.54 Å². The number of imidazole rings is 1. The average Bonchev–Trinajstić information content (AvgIpc) is 3.00. The van der Waals surface area contributed by atoms with Crippen LogP contribution in [0.5, 0.6) is 0 Å². The molecule has 1 fully saturated rings. The molecule has 1 aromatic rings. The lowest BCUT2D eigenvalue weighted by Crippen LogP contribution is -2.55. The van der Waals surface area contributed by atoms with Gasteiger partial charge in [-0.1, -0.05) is 12.8 Å². The zero-order chi connectivity index (χ0) is 13.7. The van der Waals surface area contributed by atoms with Gasteiger partial charge in [-0.2, -0.15) is 0 Å². The van der Waals surface area contributed by atoms with Crippen LogP contribution in [0.25, 0.3) is 0 Å². The van der Waals surface area contributed by atoms with Crippen molar-refractivity contribution < 1.29 is 14.7 Å². The van der Waals surface area contributed by atoms with E-state index >= 15 is 0 Å². The Labute approximate surface area is 111 Å².